The van der Waals surface area contributed by atoms with Crippen LogP contribution in [0.3, 0.4) is 0 Å². The SMILES string of the molecule is C=CC(=O)N1c2cc(Nc3cc(N4OCC[C@@H]4c4ccc(F)c(C(F)(F)F)c4)ncn3)c(OC)cc2N2CCC(CC2)C12CC2. The van der Waals surface area contributed by atoms with Gasteiger partial charge in [-0.3, -0.25) is 9.63 Å². The Balaban J connectivity index is 1.23. The maximum Gasteiger partial charge on any atom is 0.419 e. The summed E-state index contributed by atoms with van der Waals surface area (Å²) in [6.45, 7) is 5.82. The molecule has 1 aliphatic carbocycles. The summed E-state index contributed by atoms with van der Waals surface area (Å²) in [6.07, 6.45) is 2.15. The van der Waals surface area contributed by atoms with Crippen LogP contribution in [0.2, 0.25) is 0 Å². The van der Waals surface area contributed by atoms with E-state index in [1.165, 1.54) is 23.5 Å². The van der Waals surface area contributed by atoms with Crippen molar-refractivity contribution in [1.29, 1.82) is 0 Å². The van der Waals surface area contributed by atoms with Crippen LogP contribution >= 0.6 is 0 Å². The van der Waals surface area contributed by atoms with E-state index in [0.717, 1.165) is 62.3 Å². The van der Waals surface area contributed by atoms with Gasteiger partial charge in [0.05, 0.1) is 47.9 Å². The molecule has 3 aromatic rings. The molecule has 3 fully saturated rings. The number of methoxy groups -OCH3 is 1. The molecule has 1 atom stereocenters. The third-order valence-electron chi connectivity index (χ3n) is 9.46. The van der Waals surface area contributed by atoms with Crippen LogP contribution in [0, 0.1) is 11.7 Å². The number of aromatic nitrogens is 2. The molecule has 0 radical (unpaired) electrons. The molecule has 0 unspecified atom stereocenters. The average molecular weight is 625 g/mol. The van der Waals surface area contributed by atoms with Crippen molar-refractivity contribution in [1.82, 2.24) is 9.97 Å². The van der Waals surface area contributed by atoms with Crippen LogP contribution in [0.5, 0.6) is 5.75 Å². The lowest BCUT2D eigenvalue weighted by Gasteiger charge is -2.47. The third-order valence-corrected chi connectivity index (χ3v) is 9.46. The number of hydrogen-bond donors (Lipinski definition) is 1. The smallest absolute Gasteiger partial charge is 0.419 e. The molecule has 1 N–H and O–H groups in total. The van der Waals surface area contributed by atoms with Gasteiger partial charge < -0.3 is 19.9 Å². The number of piperidine rings is 1. The lowest BCUT2D eigenvalue weighted by Crippen LogP contribution is -2.53. The first-order chi connectivity index (χ1) is 21.6. The fourth-order valence-corrected chi connectivity index (χ4v) is 7.17. The molecule has 1 amide bonds. The molecule has 5 aliphatic rings. The number of benzene rings is 2. The molecule has 5 heterocycles. The van der Waals surface area contributed by atoms with Gasteiger partial charge in [-0.15, -0.1) is 0 Å². The summed E-state index contributed by atoms with van der Waals surface area (Å²) in [7, 11) is 1.57. The van der Waals surface area contributed by atoms with E-state index in [1.54, 1.807) is 13.2 Å². The first-order valence-corrected chi connectivity index (χ1v) is 14.9. The second-order valence-corrected chi connectivity index (χ2v) is 11.9. The van der Waals surface area contributed by atoms with Crippen LogP contribution < -0.4 is 24.9 Å². The Morgan fingerprint density at radius 1 is 1.11 bits per heavy atom. The first kappa shape index (κ1) is 29.3. The average Bonchev–Trinajstić information content (AvgIpc) is 3.68. The predicted molar refractivity (Wildman–Crippen MR) is 160 cm³/mol. The summed E-state index contributed by atoms with van der Waals surface area (Å²) < 4.78 is 60.1. The number of nitrogens with zero attached hydrogens (tertiary/aromatic N) is 5. The van der Waals surface area contributed by atoms with E-state index < -0.39 is 23.6 Å². The van der Waals surface area contributed by atoms with Gasteiger partial charge in [-0.2, -0.15) is 13.2 Å². The second-order valence-electron chi connectivity index (χ2n) is 11.9. The van der Waals surface area contributed by atoms with Crippen molar-refractivity contribution in [2.24, 2.45) is 5.92 Å². The predicted octanol–water partition coefficient (Wildman–Crippen LogP) is 6.55. The standard InChI is InChI=1S/C32H32F4N6O3/c1-3-30(43)41-26-15-23(27(44-2)16-25(26)40-11-6-20(7-12-40)31(41)9-10-31)39-28-17-29(38-18-37-28)42-24(8-13-45-42)19-4-5-22(33)21(14-19)32(34,35)36/h3-5,14-18,20,24H,1,6-13H2,2H3,(H,37,38,39)/t24-/m1/s1. The van der Waals surface area contributed by atoms with Gasteiger partial charge in [-0.05, 0) is 61.4 Å². The number of rotatable bonds is 6. The molecule has 13 heteroatoms. The molecule has 2 bridgehead atoms. The number of anilines is 5. The highest BCUT2D eigenvalue weighted by Gasteiger charge is 2.57. The van der Waals surface area contributed by atoms with Crippen LogP contribution in [0.4, 0.5) is 46.3 Å². The normalized spacial score (nSPS) is 20.6. The van der Waals surface area contributed by atoms with Gasteiger partial charge in [-0.25, -0.2) is 19.4 Å². The molecule has 2 saturated heterocycles. The molecule has 8 rings (SSSR count). The zero-order valence-electron chi connectivity index (χ0n) is 24.6. The molecule has 45 heavy (non-hydrogen) atoms. The lowest BCUT2D eigenvalue weighted by atomic mass is 9.83. The fourth-order valence-electron chi connectivity index (χ4n) is 7.17. The second kappa shape index (κ2) is 10.9. The fraction of sp³-hybridized carbons (Fsp3) is 0.406. The van der Waals surface area contributed by atoms with E-state index in [4.69, 9.17) is 9.57 Å². The summed E-state index contributed by atoms with van der Waals surface area (Å²) >= 11 is 0. The number of fused-ring (bicyclic) bond motifs is 2. The lowest BCUT2D eigenvalue weighted by molar-refractivity contribution is -0.140. The highest BCUT2D eigenvalue weighted by atomic mass is 19.4. The quantitative estimate of drug-likeness (QED) is 0.244. The molecular weight excluding hydrogens is 592 g/mol. The maximum absolute atomic E-state index is 14.0. The summed E-state index contributed by atoms with van der Waals surface area (Å²) in [5, 5.41) is 4.71. The van der Waals surface area contributed by atoms with E-state index in [9.17, 15) is 22.4 Å². The van der Waals surface area contributed by atoms with Crippen molar-refractivity contribution < 1.29 is 31.9 Å². The zero-order chi connectivity index (χ0) is 31.5. The Bertz CT molecular complexity index is 1650. The van der Waals surface area contributed by atoms with Crippen LogP contribution in [0.15, 0.2) is 55.4 Å². The molecule has 9 nitrogen and oxygen atoms in total. The van der Waals surface area contributed by atoms with Crippen LogP contribution in [0.1, 0.15) is 49.3 Å². The minimum absolute atomic E-state index is 0.144. The van der Waals surface area contributed by atoms with Gasteiger partial charge in [-0.1, -0.05) is 12.6 Å². The van der Waals surface area contributed by atoms with Crippen LogP contribution in [-0.4, -0.2) is 48.2 Å². The summed E-state index contributed by atoms with van der Waals surface area (Å²) in [4.78, 5) is 32.1. The van der Waals surface area contributed by atoms with Gasteiger partial charge in [0.15, 0.2) is 5.82 Å². The van der Waals surface area contributed by atoms with Gasteiger partial charge in [0.25, 0.3) is 5.91 Å². The molecular formula is C32H32F4N6O3. The van der Waals surface area contributed by atoms with E-state index in [2.05, 4.69) is 26.8 Å². The minimum Gasteiger partial charge on any atom is -0.494 e. The highest BCUT2D eigenvalue weighted by Crippen LogP contribution is 2.57. The number of carbonyl (C=O) groups is 1. The Kier molecular flexibility index (Phi) is 7.10. The number of carbonyl (C=O) groups excluding carboxylic acids is 1. The Hall–Kier alpha value is -4.39. The number of hydrogen-bond acceptors (Lipinski definition) is 8. The van der Waals surface area contributed by atoms with E-state index in [1.807, 2.05) is 17.0 Å². The van der Waals surface area contributed by atoms with Crippen LogP contribution in [0.25, 0.3) is 0 Å². The van der Waals surface area contributed by atoms with Crippen molar-refractivity contribution in [3.05, 3.63) is 72.3 Å². The summed E-state index contributed by atoms with van der Waals surface area (Å²) in [5.74, 6) is 0.167. The monoisotopic (exact) mass is 624 g/mol. The number of alkyl halides is 3. The van der Waals surface area contributed by atoms with Crippen molar-refractivity contribution >= 4 is 34.6 Å². The van der Waals surface area contributed by atoms with E-state index in [-0.39, 0.29) is 23.6 Å². The van der Waals surface area contributed by atoms with Crippen molar-refractivity contribution in [3.8, 4) is 5.75 Å². The molecule has 1 saturated carbocycles. The topological polar surface area (TPSA) is 83.1 Å². The van der Waals surface area contributed by atoms with Gasteiger partial charge in [0.2, 0.25) is 0 Å². The van der Waals surface area contributed by atoms with Crippen molar-refractivity contribution in [2.75, 3.05) is 47.0 Å². The number of halogens is 4. The Labute approximate surface area is 257 Å². The summed E-state index contributed by atoms with van der Waals surface area (Å²) in [5.41, 5.74) is 0.968. The summed E-state index contributed by atoms with van der Waals surface area (Å²) in [6, 6.07) is 7.80. The molecule has 1 aromatic heterocycles. The Morgan fingerprint density at radius 3 is 2.58 bits per heavy atom. The highest BCUT2D eigenvalue weighted by molar-refractivity contribution is 6.06. The van der Waals surface area contributed by atoms with Gasteiger partial charge in [0, 0.05) is 31.6 Å². The molecule has 236 valence electrons. The number of nitrogens with one attached hydrogen (secondary N) is 1. The Morgan fingerprint density at radius 2 is 1.89 bits per heavy atom. The minimum atomic E-state index is -4.83. The van der Waals surface area contributed by atoms with Crippen molar-refractivity contribution in [2.45, 2.75) is 49.9 Å². The number of amides is 1. The van der Waals surface area contributed by atoms with Crippen molar-refractivity contribution in [3.63, 3.8) is 0 Å². The molecule has 2 aromatic carbocycles. The zero-order valence-corrected chi connectivity index (χ0v) is 24.6. The largest absolute Gasteiger partial charge is 0.494 e. The van der Waals surface area contributed by atoms with Crippen LogP contribution in [-0.2, 0) is 15.8 Å². The van der Waals surface area contributed by atoms with E-state index in [0.29, 0.717) is 35.4 Å². The third kappa shape index (κ3) is 5.02. The van der Waals surface area contributed by atoms with Gasteiger partial charge >= 0.3 is 6.18 Å². The molecule has 4 aliphatic heterocycles. The maximum atomic E-state index is 14.0. The first-order valence-electron chi connectivity index (χ1n) is 14.9. The van der Waals surface area contributed by atoms with E-state index >= 15 is 0 Å². The number of hydroxylamine groups is 1. The number of ether oxygens (including phenoxy) is 1. The molecule has 1 spiro atoms. The van der Waals surface area contributed by atoms with Gasteiger partial charge in [0.1, 0.15) is 23.7 Å².